The summed E-state index contributed by atoms with van der Waals surface area (Å²) in [4.78, 5) is 11.9. The summed E-state index contributed by atoms with van der Waals surface area (Å²) >= 11 is 0. The van der Waals surface area contributed by atoms with E-state index in [2.05, 4.69) is 5.32 Å². The Morgan fingerprint density at radius 2 is 1.90 bits per heavy atom. The number of hydrogen-bond donors (Lipinski definition) is 2. The Labute approximate surface area is 131 Å². The molecule has 1 aliphatic heterocycles. The van der Waals surface area contributed by atoms with Crippen molar-refractivity contribution >= 4 is 24.0 Å². The van der Waals surface area contributed by atoms with Gasteiger partial charge < -0.3 is 20.5 Å². The molecule has 0 bridgehead atoms. The Bertz CT molecular complexity index is 455. The average molecular weight is 315 g/mol. The number of rotatable bonds is 7. The standard InChI is InChI=1S/C15H22N2O3.ClH/c16-9-4-2-1-3-8-14(18)17-12-6-5-7-13-15(12)20-11-10-19-13;/h5-7H,1-4,8-11,16H2,(H,17,18);1H. The van der Waals surface area contributed by atoms with E-state index in [1.807, 2.05) is 18.2 Å². The van der Waals surface area contributed by atoms with Crippen LogP contribution in [0.1, 0.15) is 32.1 Å². The van der Waals surface area contributed by atoms with Crippen molar-refractivity contribution in [3.63, 3.8) is 0 Å². The van der Waals surface area contributed by atoms with E-state index in [0.29, 0.717) is 36.8 Å². The van der Waals surface area contributed by atoms with Gasteiger partial charge in [-0.3, -0.25) is 4.79 Å². The Morgan fingerprint density at radius 3 is 2.71 bits per heavy atom. The third-order valence-corrected chi connectivity index (χ3v) is 3.20. The molecule has 5 nitrogen and oxygen atoms in total. The Morgan fingerprint density at radius 1 is 1.14 bits per heavy atom. The molecule has 1 aliphatic rings. The van der Waals surface area contributed by atoms with Crippen molar-refractivity contribution < 1.29 is 14.3 Å². The fourth-order valence-electron chi connectivity index (χ4n) is 2.17. The van der Waals surface area contributed by atoms with E-state index in [1.165, 1.54) is 0 Å². The molecule has 0 fully saturated rings. The first-order valence-electron chi connectivity index (χ1n) is 7.20. The molecule has 1 aromatic rings. The minimum Gasteiger partial charge on any atom is -0.486 e. The minimum atomic E-state index is 0. The van der Waals surface area contributed by atoms with Crippen molar-refractivity contribution in [2.75, 3.05) is 25.1 Å². The quantitative estimate of drug-likeness (QED) is 0.759. The Balaban J connectivity index is 0.00000220. The summed E-state index contributed by atoms with van der Waals surface area (Å²) in [5, 5.41) is 2.89. The summed E-state index contributed by atoms with van der Waals surface area (Å²) < 4.78 is 11.0. The summed E-state index contributed by atoms with van der Waals surface area (Å²) in [6, 6.07) is 5.53. The van der Waals surface area contributed by atoms with Gasteiger partial charge >= 0.3 is 0 Å². The molecule has 1 amide bonds. The molecule has 0 saturated carbocycles. The zero-order valence-corrected chi connectivity index (χ0v) is 12.9. The number of unbranched alkanes of at least 4 members (excludes halogenated alkanes) is 3. The molecule has 1 heterocycles. The zero-order valence-electron chi connectivity index (χ0n) is 12.1. The molecule has 118 valence electrons. The normalized spacial score (nSPS) is 12.4. The Hall–Kier alpha value is -1.46. The maximum absolute atomic E-state index is 11.9. The van der Waals surface area contributed by atoms with Crippen LogP contribution in [-0.4, -0.2) is 25.7 Å². The second-order valence-electron chi connectivity index (χ2n) is 4.83. The Kier molecular flexibility index (Phi) is 7.93. The van der Waals surface area contributed by atoms with Crippen LogP contribution in [0, 0.1) is 0 Å². The van der Waals surface area contributed by atoms with Crippen LogP contribution in [0.4, 0.5) is 5.69 Å². The second kappa shape index (κ2) is 9.47. The fourth-order valence-corrected chi connectivity index (χ4v) is 2.17. The van der Waals surface area contributed by atoms with Gasteiger partial charge in [-0.1, -0.05) is 18.9 Å². The van der Waals surface area contributed by atoms with Gasteiger partial charge in [-0.2, -0.15) is 0 Å². The highest BCUT2D eigenvalue weighted by molar-refractivity contribution is 5.92. The number of ether oxygens (including phenoxy) is 2. The van der Waals surface area contributed by atoms with Gasteiger partial charge in [0.2, 0.25) is 5.91 Å². The number of carbonyl (C=O) groups is 1. The van der Waals surface area contributed by atoms with E-state index in [1.54, 1.807) is 0 Å². The van der Waals surface area contributed by atoms with Gasteiger partial charge in [0, 0.05) is 6.42 Å². The number of nitrogens with two attached hydrogens (primary N) is 1. The number of fused-ring (bicyclic) bond motifs is 1. The van der Waals surface area contributed by atoms with Crippen LogP contribution >= 0.6 is 12.4 Å². The molecule has 0 radical (unpaired) electrons. The highest BCUT2D eigenvalue weighted by Gasteiger charge is 2.16. The lowest BCUT2D eigenvalue weighted by molar-refractivity contribution is -0.116. The monoisotopic (exact) mass is 314 g/mol. The number of amides is 1. The first-order valence-corrected chi connectivity index (χ1v) is 7.20. The fraction of sp³-hybridized carbons (Fsp3) is 0.533. The molecule has 3 N–H and O–H groups in total. The summed E-state index contributed by atoms with van der Waals surface area (Å²) in [6.45, 7) is 1.78. The van der Waals surface area contributed by atoms with Gasteiger partial charge in [0.25, 0.3) is 0 Å². The summed E-state index contributed by atoms with van der Waals surface area (Å²) in [5.74, 6) is 1.34. The molecule has 0 spiro atoms. The van der Waals surface area contributed by atoms with Crippen molar-refractivity contribution in [1.82, 2.24) is 0 Å². The van der Waals surface area contributed by atoms with Gasteiger partial charge in [-0.25, -0.2) is 0 Å². The first kappa shape index (κ1) is 17.6. The SMILES string of the molecule is Cl.NCCCCCCC(=O)Nc1cccc2c1OCCO2. The molecule has 0 aromatic heterocycles. The number of para-hydroxylation sites is 1. The van der Waals surface area contributed by atoms with Crippen molar-refractivity contribution in [2.45, 2.75) is 32.1 Å². The van der Waals surface area contributed by atoms with E-state index >= 15 is 0 Å². The van der Waals surface area contributed by atoms with Crippen molar-refractivity contribution in [1.29, 1.82) is 0 Å². The van der Waals surface area contributed by atoms with Gasteiger partial charge in [0.1, 0.15) is 13.2 Å². The molecule has 6 heteroatoms. The third-order valence-electron chi connectivity index (χ3n) is 3.20. The average Bonchev–Trinajstić information content (AvgIpc) is 2.47. The largest absolute Gasteiger partial charge is 0.486 e. The lowest BCUT2D eigenvalue weighted by atomic mass is 10.1. The highest BCUT2D eigenvalue weighted by Crippen LogP contribution is 2.37. The predicted molar refractivity (Wildman–Crippen MR) is 85.4 cm³/mol. The number of nitrogens with one attached hydrogen (secondary N) is 1. The van der Waals surface area contributed by atoms with Crippen molar-refractivity contribution in [3.8, 4) is 11.5 Å². The van der Waals surface area contributed by atoms with Crippen molar-refractivity contribution in [2.24, 2.45) is 5.73 Å². The highest BCUT2D eigenvalue weighted by atomic mass is 35.5. The lowest BCUT2D eigenvalue weighted by Gasteiger charge is -2.21. The van der Waals surface area contributed by atoms with E-state index in [-0.39, 0.29) is 18.3 Å². The van der Waals surface area contributed by atoms with Crippen LogP contribution in [0.2, 0.25) is 0 Å². The van der Waals surface area contributed by atoms with E-state index in [4.69, 9.17) is 15.2 Å². The van der Waals surface area contributed by atoms with E-state index < -0.39 is 0 Å². The number of halogens is 1. The van der Waals surface area contributed by atoms with Crippen LogP contribution in [0.3, 0.4) is 0 Å². The molecule has 0 atom stereocenters. The lowest BCUT2D eigenvalue weighted by Crippen LogP contribution is -2.18. The number of carbonyl (C=O) groups excluding carboxylic acids is 1. The predicted octanol–water partition coefficient (Wildman–Crippen LogP) is 2.73. The van der Waals surface area contributed by atoms with Crippen LogP contribution < -0.4 is 20.5 Å². The molecule has 2 rings (SSSR count). The van der Waals surface area contributed by atoms with E-state index in [0.717, 1.165) is 32.2 Å². The minimum absolute atomic E-state index is 0. The topological polar surface area (TPSA) is 73.6 Å². The number of benzene rings is 1. The maximum Gasteiger partial charge on any atom is 0.224 e. The summed E-state index contributed by atoms with van der Waals surface area (Å²) in [7, 11) is 0. The molecule has 0 unspecified atom stereocenters. The van der Waals surface area contributed by atoms with Crippen LogP contribution in [0.25, 0.3) is 0 Å². The van der Waals surface area contributed by atoms with Crippen LogP contribution in [0.15, 0.2) is 18.2 Å². The third kappa shape index (κ3) is 5.44. The smallest absolute Gasteiger partial charge is 0.224 e. The first-order chi connectivity index (χ1) is 9.81. The number of anilines is 1. The molecular weight excluding hydrogens is 292 g/mol. The summed E-state index contributed by atoms with van der Waals surface area (Å²) in [6.07, 6.45) is 4.56. The van der Waals surface area contributed by atoms with E-state index in [9.17, 15) is 4.79 Å². The number of hydrogen-bond acceptors (Lipinski definition) is 4. The second-order valence-corrected chi connectivity index (χ2v) is 4.83. The van der Waals surface area contributed by atoms with Gasteiger partial charge in [-0.05, 0) is 31.5 Å². The maximum atomic E-state index is 11.9. The van der Waals surface area contributed by atoms with Crippen LogP contribution in [-0.2, 0) is 4.79 Å². The van der Waals surface area contributed by atoms with Crippen LogP contribution in [0.5, 0.6) is 11.5 Å². The molecule has 0 saturated heterocycles. The van der Waals surface area contributed by atoms with Gasteiger partial charge in [0.05, 0.1) is 5.69 Å². The molecular formula is C15H23ClN2O3. The zero-order chi connectivity index (χ0) is 14.2. The molecule has 21 heavy (non-hydrogen) atoms. The molecule has 1 aromatic carbocycles. The summed E-state index contributed by atoms with van der Waals surface area (Å²) in [5.41, 5.74) is 6.12. The molecule has 0 aliphatic carbocycles. The van der Waals surface area contributed by atoms with Gasteiger partial charge in [0.15, 0.2) is 11.5 Å². The van der Waals surface area contributed by atoms with Gasteiger partial charge in [-0.15, -0.1) is 12.4 Å². The van der Waals surface area contributed by atoms with Crippen molar-refractivity contribution in [3.05, 3.63) is 18.2 Å².